The molecule has 0 fully saturated rings. The topological polar surface area (TPSA) is 66.2 Å². The minimum Gasteiger partial charge on any atom is -0.490 e. The molecule has 0 N–H and O–H groups in total. The first-order chi connectivity index (χ1) is 13.2. The Balaban J connectivity index is 1.82. The van der Waals surface area contributed by atoms with Gasteiger partial charge in [-0.2, -0.15) is 0 Å². The molecule has 0 spiro atoms. The lowest BCUT2D eigenvalue weighted by Gasteiger charge is -2.12. The number of nitrogens with zero attached hydrogens (tertiary/aromatic N) is 3. The van der Waals surface area contributed by atoms with Gasteiger partial charge in [0.25, 0.3) is 0 Å². The SMILES string of the molecule is CCCCc1nnc(SCCCOc2ccc(C=O)cc2OCC)n1CC. The van der Waals surface area contributed by atoms with Crippen molar-refractivity contribution in [3.05, 3.63) is 29.6 Å². The molecule has 2 rings (SSSR count). The Kier molecular flexibility index (Phi) is 9.18. The first-order valence-corrected chi connectivity index (χ1v) is 10.6. The van der Waals surface area contributed by atoms with Crippen LogP contribution < -0.4 is 9.47 Å². The summed E-state index contributed by atoms with van der Waals surface area (Å²) in [5, 5.41) is 9.65. The number of hydrogen-bond acceptors (Lipinski definition) is 6. The van der Waals surface area contributed by atoms with Gasteiger partial charge in [0.2, 0.25) is 0 Å². The average Bonchev–Trinajstić information content (AvgIpc) is 3.08. The fraction of sp³-hybridized carbons (Fsp3) is 0.550. The fourth-order valence-corrected chi connectivity index (χ4v) is 3.59. The third kappa shape index (κ3) is 6.27. The Morgan fingerprint density at radius 3 is 2.67 bits per heavy atom. The summed E-state index contributed by atoms with van der Waals surface area (Å²) in [5.41, 5.74) is 0.583. The molecule has 27 heavy (non-hydrogen) atoms. The third-order valence-corrected chi connectivity index (χ3v) is 5.10. The number of thioether (sulfide) groups is 1. The molecule has 0 saturated carbocycles. The third-order valence-electron chi connectivity index (χ3n) is 4.04. The number of hydrogen-bond donors (Lipinski definition) is 0. The Hall–Kier alpha value is -2.02. The van der Waals surface area contributed by atoms with Crippen molar-refractivity contribution < 1.29 is 14.3 Å². The van der Waals surface area contributed by atoms with Crippen molar-refractivity contribution in [3.8, 4) is 11.5 Å². The van der Waals surface area contributed by atoms with Gasteiger partial charge in [-0.1, -0.05) is 25.1 Å². The second-order valence-electron chi connectivity index (χ2n) is 6.05. The zero-order valence-electron chi connectivity index (χ0n) is 16.4. The van der Waals surface area contributed by atoms with E-state index in [1.54, 1.807) is 30.0 Å². The van der Waals surface area contributed by atoms with Gasteiger partial charge >= 0.3 is 0 Å². The number of ether oxygens (including phenoxy) is 2. The van der Waals surface area contributed by atoms with Crippen molar-refractivity contribution in [3.63, 3.8) is 0 Å². The lowest BCUT2D eigenvalue weighted by atomic mass is 10.2. The van der Waals surface area contributed by atoms with Crippen LogP contribution in [0.3, 0.4) is 0 Å². The van der Waals surface area contributed by atoms with Crippen LogP contribution in [0.15, 0.2) is 23.4 Å². The molecule has 2 aromatic rings. The molecular formula is C20H29N3O3S. The highest BCUT2D eigenvalue weighted by Gasteiger charge is 2.11. The average molecular weight is 392 g/mol. The maximum Gasteiger partial charge on any atom is 0.191 e. The summed E-state index contributed by atoms with van der Waals surface area (Å²) in [7, 11) is 0. The number of unbranched alkanes of at least 4 members (excludes halogenated alkanes) is 1. The Bertz CT molecular complexity index is 718. The number of benzene rings is 1. The molecule has 0 bridgehead atoms. The predicted octanol–water partition coefficient (Wildman–Crippen LogP) is 4.41. The number of aromatic nitrogens is 3. The van der Waals surface area contributed by atoms with Crippen LogP contribution in [0.25, 0.3) is 0 Å². The smallest absolute Gasteiger partial charge is 0.191 e. The molecule has 1 heterocycles. The van der Waals surface area contributed by atoms with Crippen LogP contribution in [0.1, 0.15) is 56.2 Å². The van der Waals surface area contributed by atoms with E-state index in [0.29, 0.717) is 30.3 Å². The fourth-order valence-electron chi connectivity index (χ4n) is 2.65. The summed E-state index contributed by atoms with van der Waals surface area (Å²) in [6, 6.07) is 5.24. The van der Waals surface area contributed by atoms with Crippen molar-refractivity contribution in [1.82, 2.24) is 14.8 Å². The van der Waals surface area contributed by atoms with Crippen molar-refractivity contribution in [1.29, 1.82) is 0 Å². The molecule has 0 unspecified atom stereocenters. The molecule has 148 valence electrons. The molecule has 1 aromatic heterocycles. The molecule has 0 aliphatic heterocycles. The van der Waals surface area contributed by atoms with E-state index in [0.717, 1.165) is 55.2 Å². The second kappa shape index (κ2) is 11.6. The summed E-state index contributed by atoms with van der Waals surface area (Å²) in [6.07, 6.45) is 4.97. The van der Waals surface area contributed by atoms with E-state index in [4.69, 9.17) is 9.47 Å². The molecule has 0 amide bonds. The molecule has 6 nitrogen and oxygen atoms in total. The van der Waals surface area contributed by atoms with Crippen molar-refractivity contribution >= 4 is 18.0 Å². The summed E-state index contributed by atoms with van der Waals surface area (Å²) in [5.74, 6) is 3.27. The van der Waals surface area contributed by atoms with Gasteiger partial charge in [0.05, 0.1) is 13.2 Å². The Morgan fingerprint density at radius 2 is 1.96 bits per heavy atom. The maximum atomic E-state index is 10.9. The molecule has 1 aromatic carbocycles. The minimum absolute atomic E-state index is 0.529. The van der Waals surface area contributed by atoms with Gasteiger partial charge in [-0.05, 0) is 44.9 Å². The van der Waals surface area contributed by atoms with Gasteiger partial charge in [-0.15, -0.1) is 10.2 Å². The van der Waals surface area contributed by atoms with Crippen LogP contribution in [-0.2, 0) is 13.0 Å². The Morgan fingerprint density at radius 1 is 1.11 bits per heavy atom. The quantitative estimate of drug-likeness (QED) is 0.286. The van der Waals surface area contributed by atoms with E-state index in [1.165, 1.54) is 0 Å². The molecule has 0 atom stereocenters. The van der Waals surface area contributed by atoms with Gasteiger partial charge in [-0.3, -0.25) is 4.79 Å². The van der Waals surface area contributed by atoms with Gasteiger partial charge in [-0.25, -0.2) is 0 Å². The molecular weight excluding hydrogens is 362 g/mol. The predicted molar refractivity (Wildman–Crippen MR) is 108 cm³/mol. The first kappa shape index (κ1) is 21.3. The summed E-state index contributed by atoms with van der Waals surface area (Å²) in [4.78, 5) is 10.9. The summed E-state index contributed by atoms with van der Waals surface area (Å²) < 4.78 is 13.6. The summed E-state index contributed by atoms with van der Waals surface area (Å²) in [6.45, 7) is 8.23. The number of carbonyl (C=O) groups is 1. The van der Waals surface area contributed by atoms with E-state index in [1.807, 2.05) is 6.92 Å². The highest BCUT2D eigenvalue weighted by Crippen LogP contribution is 2.28. The number of aryl methyl sites for hydroxylation is 1. The molecule has 0 aliphatic rings. The van der Waals surface area contributed by atoms with Crippen molar-refractivity contribution in [2.45, 2.75) is 58.2 Å². The van der Waals surface area contributed by atoms with Crippen LogP contribution in [0.4, 0.5) is 0 Å². The van der Waals surface area contributed by atoms with E-state index < -0.39 is 0 Å². The highest BCUT2D eigenvalue weighted by molar-refractivity contribution is 7.99. The molecule has 0 radical (unpaired) electrons. The number of rotatable bonds is 13. The van der Waals surface area contributed by atoms with Crippen LogP contribution in [0.5, 0.6) is 11.5 Å². The minimum atomic E-state index is 0.529. The summed E-state index contributed by atoms with van der Waals surface area (Å²) >= 11 is 1.71. The van der Waals surface area contributed by atoms with Crippen LogP contribution in [-0.4, -0.2) is 40.0 Å². The zero-order valence-corrected chi connectivity index (χ0v) is 17.3. The highest BCUT2D eigenvalue weighted by atomic mass is 32.2. The first-order valence-electron chi connectivity index (χ1n) is 9.63. The lowest BCUT2D eigenvalue weighted by Crippen LogP contribution is -2.05. The second-order valence-corrected chi connectivity index (χ2v) is 7.12. The zero-order chi connectivity index (χ0) is 19.5. The molecule has 0 saturated heterocycles. The normalized spacial score (nSPS) is 10.8. The lowest BCUT2D eigenvalue weighted by molar-refractivity contribution is 0.112. The van der Waals surface area contributed by atoms with Crippen LogP contribution in [0.2, 0.25) is 0 Å². The van der Waals surface area contributed by atoms with Crippen LogP contribution >= 0.6 is 11.8 Å². The van der Waals surface area contributed by atoms with Crippen LogP contribution in [0, 0.1) is 0 Å². The van der Waals surface area contributed by atoms with E-state index in [9.17, 15) is 4.79 Å². The molecule has 7 heteroatoms. The van der Waals surface area contributed by atoms with Gasteiger partial charge in [0.15, 0.2) is 16.7 Å². The van der Waals surface area contributed by atoms with Gasteiger partial charge in [0, 0.05) is 24.3 Å². The Labute approximate surface area is 165 Å². The standard InChI is InChI=1S/C20H29N3O3S/c1-4-7-9-19-21-22-20(23(19)5-2)27-13-8-12-26-17-11-10-16(15-24)14-18(17)25-6-3/h10-11,14-15H,4-9,12-13H2,1-3H3. The number of aldehydes is 1. The van der Waals surface area contributed by atoms with E-state index >= 15 is 0 Å². The molecule has 0 aliphatic carbocycles. The van der Waals surface area contributed by atoms with Crippen molar-refractivity contribution in [2.24, 2.45) is 0 Å². The van der Waals surface area contributed by atoms with E-state index in [-0.39, 0.29) is 0 Å². The van der Waals surface area contributed by atoms with Gasteiger partial charge < -0.3 is 14.0 Å². The van der Waals surface area contributed by atoms with Gasteiger partial charge in [0.1, 0.15) is 12.1 Å². The van der Waals surface area contributed by atoms with Crippen molar-refractivity contribution in [2.75, 3.05) is 19.0 Å². The number of carbonyl (C=O) groups excluding carboxylic acids is 1. The van der Waals surface area contributed by atoms with E-state index in [2.05, 4.69) is 28.6 Å². The largest absolute Gasteiger partial charge is 0.490 e. The monoisotopic (exact) mass is 391 g/mol. The maximum absolute atomic E-state index is 10.9.